The molecular formula is C20H20N2O2. The van der Waals surface area contributed by atoms with Crippen molar-refractivity contribution in [2.45, 2.75) is 20.3 Å². The van der Waals surface area contributed by atoms with Crippen molar-refractivity contribution in [2.24, 2.45) is 0 Å². The molecule has 0 saturated carbocycles. The molecule has 0 spiro atoms. The number of benzene rings is 2. The summed E-state index contributed by atoms with van der Waals surface area (Å²) in [6, 6.07) is 15.5. The summed E-state index contributed by atoms with van der Waals surface area (Å²) in [4.78, 5) is 16.6. The monoisotopic (exact) mass is 320 g/mol. The molecule has 0 atom stereocenters. The van der Waals surface area contributed by atoms with E-state index in [4.69, 9.17) is 4.74 Å². The van der Waals surface area contributed by atoms with E-state index >= 15 is 0 Å². The molecule has 1 amide bonds. The predicted molar refractivity (Wildman–Crippen MR) is 96.4 cm³/mol. The number of nitrogens with zero attached hydrogens (tertiary/aromatic N) is 1. The zero-order valence-corrected chi connectivity index (χ0v) is 13.9. The molecule has 0 aliphatic rings. The van der Waals surface area contributed by atoms with Gasteiger partial charge in [-0.15, -0.1) is 0 Å². The Kier molecular flexibility index (Phi) is 4.75. The molecule has 1 aromatic heterocycles. The van der Waals surface area contributed by atoms with E-state index in [9.17, 15) is 4.79 Å². The summed E-state index contributed by atoms with van der Waals surface area (Å²) in [5, 5.41) is 3.83. The van der Waals surface area contributed by atoms with E-state index in [0.717, 1.165) is 28.6 Å². The van der Waals surface area contributed by atoms with Gasteiger partial charge in [0.15, 0.2) is 6.61 Å². The Morgan fingerprint density at radius 3 is 2.67 bits per heavy atom. The number of aromatic nitrogens is 1. The number of ether oxygens (including phenoxy) is 1. The van der Waals surface area contributed by atoms with Crippen LogP contribution in [0.2, 0.25) is 0 Å². The van der Waals surface area contributed by atoms with Gasteiger partial charge in [0.2, 0.25) is 0 Å². The molecule has 0 radical (unpaired) electrons. The van der Waals surface area contributed by atoms with E-state index < -0.39 is 0 Å². The van der Waals surface area contributed by atoms with Gasteiger partial charge in [-0.1, -0.05) is 25.1 Å². The fraction of sp³-hybridized carbons (Fsp3) is 0.200. The molecule has 0 unspecified atom stereocenters. The van der Waals surface area contributed by atoms with Crippen LogP contribution < -0.4 is 10.1 Å². The van der Waals surface area contributed by atoms with Crippen molar-refractivity contribution < 1.29 is 9.53 Å². The second-order valence-corrected chi connectivity index (χ2v) is 5.66. The van der Waals surface area contributed by atoms with Gasteiger partial charge in [-0.05, 0) is 54.8 Å². The zero-order valence-electron chi connectivity index (χ0n) is 13.9. The SMILES string of the molecule is CCc1ccc(OCC(=O)Nc2ccc(C)c3ncccc23)cc1. The Labute approximate surface area is 141 Å². The molecule has 0 saturated heterocycles. The van der Waals surface area contributed by atoms with Gasteiger partial charge in [0.05, 0.1) is 11.2 Å². The first-order valence-electron chi connectivity index (χ1n) is 8.03. The summed E-state index contributed by atoms with van der Waals surface area (Å²) in [6.45, 7) is 4.08. The first-order valence-corrected chi connectivity index (χ1v) is 8.03. The van der Waals surface area contributed by atoms with Crippen LogP contribution in [0.3, 0.4) is 0 Å². The number of aryl methyl sites for hydroxylation is 2. The number of hydrogen-bond acceptors (Lipinski definition) is 3. The van der Waals surface area contributed by atoms with Gasteiger partial charge in [-0.25, -0.2) is 0 Å². The van der Waals surface area contributed by atoms with E-state index in [1.807, 2.05) is 55.5 Å². The van der Waals surface area contributed by atoms with Gasteiger partial charge < -0.3 is 10.1 Å². The topological polar surface area (TPSA) is 51.2 Å². The average Bonchev–Trinajstić information content (AvgIpc) is 2.63. The van der Waals surface area contributed by atoms with Crippen LogP contribution in [-0.2, 0) is 11.2 Å². The number of rotatable bonds is 5. The van der Waals surface area contributed by atoms with Crippen LogP contribution in [0, 0.1) is 6.92 Å². The first-order chi connectivity index (χ1) is 11.7. The quantitative estimate of drug-likeness (QED) is 0.769. The number of fused-ring (bicyclic) bond motifs is 1. The summed E-state index contributed by atoms with van der Waals surface area (Å²) >= 11 is 0. The minimum Gasteiger partial charge on any atom is -0.484 e. The number of nitrogens with one attached hydrogen (secondary N) is 1. The summed E-state index contributed by atoms with van der Waals surface area (Å²) < 4.78 is 5.55. The number of anilines is 1. The molecule has 3 aromatic rings. The van der Waals surface area contributed by atoms with Gasteiger partial charge in [-0.3, -0.25) is 9.78 Å². The van der Waals surface area contributed by atoms with Crippen LogP contribution in [0.25, 0.3) is 10.9 Å². The molecule has 1 heterocycles. The highest BCUT2D eigenvalue weighted by Crippen LogP contribution is 2.24. The number of carbonyl (C=O) groups is 1. The fourth-order valence-corrected chi connectivity index (χ4v) is 2.58. The molecule has 2 aromatic carbocycles. The van der Waals surface area contributed by atoms with E-state index in [2.05, 4.69) is 17.2 Å². The molecule has 0 fully saturated rings. The van der Waals surface area contributed by atoms with Crippen molar-refractivity contribution in [3.05, 3.63) is 65.9 Å². The highest BCUT2D eigenvalue weighted by molar-refractivity contribution is 6.02. The van der Waals surface area contributed by atoms with Crippen LogP contribution in [-0.4, -0.2) is 17.5 Å². The van der Waals surface area contributed by atoms with Crippen LogP contribution in [0.5, 0.6) is 5.75 Å². The van der Waals surface area contributed by atoms with Crippen molar-refractivity contribution in [1.29, 1.82) is 0 Å². The second kappa shape index (κ2) is 7.13. The van der Waals surface area contributed by atoms with Crippen LogP contribution in [0.15, 0.2) is 54.7 Å². The maximum Gasteiger partial charge on any atom is 0.262 e. The molecular weight excluding hydrogens is 300 g/mol. The number of carbonyl (C=O) groups excluding carboxylic acids is 1. The third-order valence-electron chi connectivity index (χ3n) is 3.95. The Morgan fingerprint density at radius 1 is 1.12 bits per heavy atom. The number of amides is 1. The van der Waals surface area contributed by atoms with Crippen molar-refractivity contribution >= 4 is 22.5 Å². The lowest BCUT2D eigenvalue weighted by atomic mass is 10.1. The van der Waals surface area contributed by atoms with Crippen molar-refractivity contribution in [2.75, 3.05) is 11.9 Å². The standard InChI is InChI=1S/C20H20N2O2/c1-3-15-7-9-16(10-8-15)24-13-19(23)22-18-11-6-14(2)20-17(18)5-4-12-21-20/h4-12H,3,13H2,1-2H3,(H,22,23). The molecule has 3 rings (SSSR count). The predicted octanol–water partition coefficient (Wildman–Crippen LogP) is 4.12. The average molecular weight is 320 g/mol. The van der Waals surface area contributed by atoms with Gasteiger partial charge >= 0.3 is 0 Å². The molecule has 24 heavy (non-hydrogen) atoms. The molecule has 0 aliphatic heterocycles. The highest BCUT2D eigenvalue weighted by Gasteiger charge is 2.08. The third-order valence-corrected chi connectivity index (χ3v) is 3.95. The summed E-state index contributed by atoms with van der Waals surface area (Å²) in [5.74, 6) is 0.501. The molecule has 0 bridgehead atoms. The Balaban J connectivity index is 1.67. The number of hydrogen-bond donors (Lipinski definition) is 1. The summed E-state index contributed by atoms with van der Waals surface area (Å²) in [5.41, 5.74) is 3.96. The van der Waals surface area contributed by atoms with E-state index in [1.54, 1.807) is 6.20 Å². The second-order valence-electron chi connectivity index (χ2n) is 5.66. The van der Waals surface area contributed by atoms with Crippen LogP contribution in [0.1, 0.15) is 18.1 Å². The summed E-state index contributed by atoms with van der Waals surface area (Å²) in [6.07, 6.45) is 2.74. The molecule has 1 N–H and O–H groups in total. The van der Waals surface area contributed by atoms with Crippen LogP contribution in [0.4, 0.5) is 5.69 Å². The number of pyridine rings is 1. The van der Waals surface area contributed by atoms with Crippen molar-refractivity contribution in [3.63, 3.8) is 0 Å². The largest absolute Gasteiger partial charge is 0.484 e. The maximum atomic E-state index is 12.2. The van der Waals surface area contributed by atoms with Gasteiger partial charge in [0.1, 0.15) is 5.75 Å². The van der Waals surface area contributed by atoms with E-state index in [0.29, 0.717) is 5.75 Å². The normalized spacial score (nSPS) is 10.6. The Morgan fingerprint density at radius 2 is 1.92 bits per heavy atom. The first kappa shape index (κ1) is 16.0. The van der Waals surface area contributed by atoms with Gasteiger partial charge in [0.25, 0.3) is 5.91 Å². The molecule has 0 aliphatic carbocycles. The third kappa shape index (κ3) is 3.54. The van der Waals surface area contributed by atoms with Crippen LogP contribution >= 0.6 is 0 Å². The fourth-order valence-electron chi connectivity index (χ4n) is 2.58. The Bertz CT molecular complexity index is 857. The highest BCUT2D eigenvalue weighted by atomic mass is 16.5. The minimum atomic E-state index is -0.191. The van der Waals surface area contributed by atoms with Gasteiger partial charge in [0, 0.05) is 11.6 Å². The van der Waals surface area contributed by atoms with Gasteiger partial charge in [-0.2, -0.15) is 0 Å². The lowest BCUT2D eigenvalue weighted by Crippen LogP contribution is -2.20. The lowest BCUT2D eigenvalue weighted by molar-refractivity contribution is -0.118. The zero-order chi connectivity index (χ0) is 16.9. The van der Waals surface area contributed by atoms with Crippen molar-refractivity contribution in [3.8, 4) is 5.75 Å². The molecule has 4 heteroatoms. The summed E-state index contributed by atoms with van der Waals surface area (Å²) in [7, 11) is 0. The molecule has 4 nitrogen and oxygen atoms in total. The molecule has 122 valence electrons. The van der Waals surface area contributed by atoms with E-state index in [-0.39, 0.29) is 12.5 Å². The lowest BCUT2D eigenvalue weighted by Gasteiger charge is -2.11. The van der Waals surface area contributed by atoms with E-state index in [1.165, 1.54) is 5.56 Å². The minimum absolute atomic E-state index is 0.0267. The smallest absolute Gasteiger partial charge is 0.262 e. The van der Waals surface area contributed by atoms with Crippen molar-refractivity contribution in [1.82, 2.24) is 4.98 Å². The maximum absolute atomic E-state index is 12.2. The Hall–Kier alpha value is -2.88.